The van der Waals surface area contributed by atoms with Crippen molar-refractivity contribution in [2.45, 2.75) is 32.4 Å². The minimum absolute atomic E-state index is 0.0459. The number of rotatable bonds is 7. The first kappa shape index (κ1) is 20.3. The summed E-state index contributed by atoms with van der Waals surface area (Å²) < 4.78 is 5.15. The van der Waals surface area contributed by atoms with Crippen LogP contribution in [0.2, 0.25) is 0 Å². The van der Waals surface area contributed by atoms with E-state index in [1.54, 1.807) is 18.4 Å². The van der Waals surface area contributed by atoms with Crippen LogP contribution < -0.4 is 10.6 Å². The summed E-state index contributed by atoms with van der Waals surface area (Å²) >= 11 is 1.31. The summed E-state index contributed by atoms with van der Waals surface area (Å²) in [5.41, 5.74) is 2.41. The fourth-order valence-electron chi connectivity index (χ4n) is 3.61. The highest BCUT2D eigenvalue weighted by Crippen LogP contribution is 2.19. The number of hydrogen-bond acceptors (Lipinski definition) is 6. The van der Waals surface area contributed by atoms with Gasteiger partial charge in [-0.2, -0.15) is 0 Å². The highest BCUT2D eigenvalue weighted by atomic mass is 32.1. The van der Waals surface area contributed by atoms with Crippen LogP contribution in [-0.2, 0) is 17.8 Å². The molecule has 4 rings (SSSR count). The lowest BCUT2D eigenvalue weighted by Gasteiger charge is -2.16. The topological polar surface area (TPSA) is 87.5 Å². The van der Waals surface area contributed by atoms with Gasteiger partial charge >= 0.3 is 0 Å². The molecule has 1 aliphatic heterocycles. The average molecular weight is 425 g/mol. The molecule has 3 aromatic rings. The Kier molecular flexibility index (Phi) is 6.25. The summed E-state index contributed by atoms with van der Waals surface area (Å²) in [6.45, 7) is 4.46. The predicted molar refractivity (Wildman–Crippen MR) is 115 cm³/mol. The maximum absolute atomic E-state index is 12.4. The van der Waals surface area contributed by atoms with Crippen LogP contribution in [0.15, 0.2) is 52.5 Å². The van der Waals surface area contributed by atoms with Crippen LogP contribution in [0.1, 0.15) is 33.8 Å². The van der Waals surface area contributed by atoms with Crippen molar-refractivity contribution in [1.29, 1.82) is 0 Å². The van der Waals surface area contributed by atoms with Gasteiger partial charge in [-0.15, -0.1) is 11.3 Å². The Balaban J connectivity index is 1.24. The monoisotopic (exact) mass is 424 g/mol. The van der Waals surface area contributed by atoms with Crippen LogP contribution in [-0.4, -0.2) is 40.8 Å². The number of carbonyl (C=O) groups is 2. The molecule has 0 spiro atoms. The van der Waals surface area contributed by atoms with Crippen molar-refractivity contribution in [3.05, 3.63) is 70.6 Å². The van der Waals surface area contributed by atoms with E-state index in [9.17, 15) is 9.59 Å². The van der Waals surface area contributed by atoms with Gasteiger partial charge in [-0.05, 0) is 25.0 Å². The zero-order chi connectivity index (χ0) is 20.9. The lowest BCUT2D eigenvalue weighted by Crippen LogP contribution is -2.37. The third-order valence-electron chi connectivity index (χ3n) is 5.10. The third-order valence-corrected chi connectivity index (χ3v) is 5.91. The number of hydrogen-bond donors (Lipinski definition) is 2. The van der Waals surface area contributed by atoms with Crippen molar-refractivity contribution >= 4 is 28.3 Å². The molecule has 0 saturated carbocycles. The molecule has 1 aromatic carbocycles. The first-order valence-corrected chi connectivity index (χ1v) is 10.8. The third kappa shape index (κ3) is 5.14. The first-order chi connectivity index (χ1) is 14.6. The molecule has 3 heterocycles. The zero-order valence-electron chi connectivity index (χ0n) is 16.8. The van der Waals surface area contributed by atoms with E-state index in [1.165, 1.54) is 23.2 Å². The molecule has 8 heteroatoms. The Labute approximate surface area is 179 Å². The van der Waals surface area contributed by atoms with E-state index in [-0.39, 0.29) is 24.3 Å². The highest BCUT2D eigenvalue weighted by molar-refractivity contribution is 7.14. The molecule has 0 radical (unpaired) electrons. The smallest absolute Gasteiger partial charge is 0.260 e. The van der Waals surface area contributed by atoms with Gasteiger partial charge in [0, 0.05) is 31.1 Å². The number of furan rings is 1. The minimum atomic E-state index is -0.268. The minimum Gasteiger partial charge on any atom is -0.469 e. The number of aryl methyl sites for hydroxylation is 1. The van der Waals surface area contributed by atoms with Crippen LogP contribution in [0, 0.1) is 6.92 Å². The Morgan fingerprint density at radius 3 is 2.87 bits per heavy atom. The van der Waals surface area contributed by atoms with E-state index in [2.05, 4.69) is 32.7 Å². The maximum atomic E-state index is 12.4. The molecule has 2 N–H and O–H groups in total. The number of amides is 2. The van der Waals surface area contributed by atoms with E-state index in [0.717, 1.165) is 26.1 Å². The number of anilines is 1. The lowest BCUT2D eigenvalue weighted by molar-refractivity contribution is -0.121. The maximum Gasteiger partial charge on any atom is 0.260 e. The van der Waals surface area contributed by atoms with Gasteiger partial charge in [0.25, 0.3) is 5.91 Å². The Morgan fingerprint density at radius 1 is 1.27 bits per heavy atom. The van der Waals surface area contributed by atoms with Gasteiger partial charge < -0.3 is 9.73 Å². The number of carbonyl (C=O) groups excluding carboxylic acids is 2. The van der Waals surface area contributed by atoms with Crippen LogP contribution in [0.4, 0.5) is 5.13 Å². The lowest BCUT2D eigenvalue weighted by atomic mass is 10.2. The molecule has 1 atom stereocenters. The second-order valence-electron chi connectivity index (χ2n) is 7.44. The van der Waals surface area contributed by atoms with Crippen LogP contribution >= 0.6 is 11.3 Å². The van der Waals surface area contributed by atoms with Gasteiger partial charge in [-0.25, -0.2) is 4.98 Å². The van der Waals surface area contributed by atoms with Gasteiger partial charge in [0.2, 0.25) is 5.91 Å². The van der Waals surface area contributed by atoms with Crippen molar-refractivity contribution in [2.75, 3.05) is 18.4 Å². The van der Waals surface area contributed by atoms with Crippen molar-refractivity contribution < 1.29 is 14.0 Å². The number of likely N-dealkylation sites (tertiary alicyclic amines) is 1. The van der Waals surface area contributed by atoms with Crippen molar-refractivity contribution in [1.82, 2.24) is 15.2 Å². The van der Waals surface area contributed by atoms with Gasteiger partial charge in [0.1, 0.15) is 5.76 Å². The van der Waals surface area contributed by atoms with Gasteiger partial charge in [-0.1, -0.05) is 30.3 Å². The molecule has 2 aromatic heterocycles. The summed E-state index contributed by atoms with van der Waals surface area (Å²) in [6.07, 6.45) is 2.62. The summed E-state index contributed by atoms with van der Waals surface area (Å²) in [7, 11) is 0. The molecule has 1 saturated heterocycles. The van der Waals surface area contributed by atoms with E-state index < -0.39 is 0 Å². The van der Waals surface area contributed by atoms with Crippen LogP contribution in [0.3, 0.4) is 0 Å². The second kappa shape index (κ2) is 9.23. The van der Waals surface area contributed by atoms with Crippen molar-refractivity contribution in [3.63, 3.8) is 0 Å². The highest BCUT2D eigenvalue weighted by Gasteiger charge is 2.24. The standard InChI is InChI=1S/C22H24N4O3S/c1-15-19(8-10-29-15)21(28)25-22-24-18(14-30-22)11-20(27)23-17-7-9-26(13-17)12-16-5-3-2-4-6-16/h2-6,8,10,14,17H,7,9,11-13H2,1H3,(H,23,27)(H,24,25,28)/t17-/m0/s1. The molecule has 1 fully saturated rings. The predicted octanol–water partition coefficient (Wildman–Crippen LogP) is 3.23. The van der Waals surface area contributed by atoms with Crippen molar-refractivity contribution in [3.8, 4) is 0 Å². The normalized spacial score (nSPS) is 16.5. The molecule has 7 nitrogen and oxygen atoms in total. The molecule has 0 bridgehead atoms. The van der Waals surface area contributed by atoms with E-state index in [1.807, 2.05) is 18.2 Å². The largest absolute Gasteiger partial charge is 0.469 e. The number of nitrogens with zero attached hydrogens (tertiary/aromatic N) is 2. The number of thiazole rings is 1. The molecule has 30 heavy (non-hydrogen) atoms. The molecule has 156 valence electrons. The quantitative estimate of drug-likeness (QED) is 0.608. The van der Waals surface area contributed by atoms with Crippen LogP contribution in [0.5, 0.6) is 0 Å². The summed E-state index contributed by atoms with van der Waals surface area (Å²) in [5, 5.41) is 8.13. The van der Waals surface area contributed by atoms with Gasteiger partial charge in [-0.3, -0.25) is 19.8 Å². The van der Waals surface area contributed by atoms with Gasteiger partial charge in [0.15, 0.2) is 5.13 Å². The molecular weight excluding hydrogens is 400 g/mol. The first-order valence-electron chi connectivity index (χ1n) is 9.92. The fraction of sp³-hybridized carbons (Fsp3) is 0.318. The Morgan fingerprint density at radius 2 is 2.10 bits per heavy atom. The fourth-order valence-corrected chi connectivity index (χ4v) is 4.31. The summed E-state index contributed by atoms with van der Waals surface area (Å²) in [6, 6.07) is 12.1. The van der Waals surface area contributed by atoms with E-state index >= 15 is 0 Å². The summed E-state index contributed by atoms with van der Waals surface area (Å²) in [5.74, 6) is 0.244. The molecule has 2 amide bonds. The Hall–Kier alpha value is -2.97. The average Bonchev–Trinajstić information content (AvgIpc) is 3.45. The molecule has 0 aliphatic carbocycles. The molecule has 0 unspecified atom stereocenters. The zero-order valence-corrected chi connectivity index (χ0v) is 17.6. The SMILES string of the molecule is Cc1occc1C(=O)Nc1nc(CC(=O)N[C@H]2CCN(Cc3ccccc3)C2)cs1. The van der Waals surface area contributed by atoms with E-state index in [0.29, 0.717) is 22.1 Å². The number of aromatic nitrogens is 1. The Bertz CT molecular complexity index is 1010. The van der Waals surface area contributed by atoms with Gasteiger partial charge in [0.05, 0.1) is 23.9 Å². The van der Waals surface area contributed by atoms with E-state index in [4.69, 9.17) is 4.42 Å². The molecular formula is C22H24N4O3S. The number of benzene rings is 1. The second-order valence-corrected chi connectivity index (χ2v) is 8.30. The van der Waals surface area contributed by atoms with Crippen molar-refractivity contribution in [2.24, 2.45) is 0 Å². The van der Waals surface area contributed by atoms with Crippen LogP contribution in [0.25, 0.3) is 0 Å². The number of nitrogens with one attached hydrogen (secondary N) is 2. The molecule has 1 aliphatic rings. The summed E-state index contributed by atoms with van der Waals surface area (Å²) in [4.78, 5) is 31.4.